The van der Waals surface area contributed by atoms with Crippen molar-refractivity contribution in [2.75, 3.05) is 13.1 Å². The van der Waals surface area contributed by atoms with Gasteiger partial charge < -0.3 is 15.6 Å². The Balaban J connectivity index is 1.80. The molecule has 110 valence electrons. The second-order valence-corrected chi connectivity index (χ2v) is 5.30. The molecule has 2 amide bonds. The van der Waals surface area contributed by atoms with Crippen LogP contribution in [-0.2, 0) is 0 Å². The molecule has 1 aromatic heterocycles. The highest BCUT2D eigenvalue weighted by atomic mass is 16.2. The predicted molar refractivity (Wildman–Crippen MR) is 79.9 cm³/mol. The van der Waals surface area contributed by atoms with Gasteiger partial charge in [-0.05, 0) is 18.4 Å². The molecule has 1 aliphatic heterocycles. The molecule has 2 heterocycles. The molecule has 3 rings (SSSR count). The van der Waals surface area contributed by atoms with Gasteiger partial charge in [0.15, 0.2) is 0 Å². The molecule has 21 heavy (non-hydrogen) atoms. The Hall–Kier alpha value is -2.50. The lowest BCUT2D eigenvalue weighted by molar-refractivity contribution is 0.179. The summed E-state index contributed by atoms with van der Waals surface area (Å²) in [6.45, 7) is 1.19. The summed E-state index contributed by atoms with van der Waals surface area (Å²) in [4.78, 5) is 27.8. The van der Waals surface area contributed by atoms with E-state index in [0.717, 1.165) is 24.1 Å². The van der Waals surface area contributed by atoms with Gasteiger partial charge in [0.25, 0.3) is 0 Å². The van der Waals surface area contributed by atoms with E-state index in [1.165, 1.54) is 0 Å². The number of likely N-dealkylation sites (tertiary alicyclic amines) is 1. The summed E-state index contributed by atoms with van der Waals surface area (Å²) in [7, 11) is 0. The van der Waals surface area contributed by atoms with Gasteiger partial charge in [0, 0.05) is 25.3 Å². The molecule has 1 fully saturated rings. The van der Waals surface area contributed by atoms with Gasteiger partial charge >= 0.3 is 11.7 Å². The molecule has 6 heteroatoms. The number of imidazole rings is 1. The van der Waals surface area contributed by atoms with Crippen LogP contribution in [-0.4, -0.2) is 33.6 Å². The fraction of sp³-hybridized carbons (Fsp3) is 0.333. The van der Waals surface area contributed by atoms with Crippen molar-refractivity contribution in [2.45, 2.75) is 18.9 Å². The first-order valence-electron chi connectivity index (χ1n) is 7.06. The van der Waals surface area contributed by atoms with Gasteiger partial charge in [-0.3, -0.25) is 4.57 Å². The predicted octanol–water partition coefficient (Wildman–Crippen LogP) is 1.56. The van der Waals surface area contributed by atoms with E-state index in [1.54, 1.807) is 9.47 Å². The third kappa shape index (κ3) is 2.69. The van der Waals surface area contributed by atoms with E-state index >= 15 is 0 Å². The van der Waals surface area contributed by atoms with Crippen molar-refractivity contribution in [1.29, 1.82) is 0 Å². The lowest BCUT2D eigenvalue weighted by Gasteiger charge is -2.30. The molecule has 3 N–H and O–H groups in total. The second kappa shape index (κ2) is 5.47. The zero-order valence-electron chi connectivity index (χ0n) is 11.7. The van der Waals surface area contributed by atoms with E-state index in [-0.39, 0.29) is 17.8 Å². The van der Waals surface area contributed by atoms with E-state index in [4.69, 9.17) is 5.73 Å². The number of hydrogen-bond acceptors (Lipinski definition) is 2. The maximum atomic E-state index is 12.1. The third-order valence-corrected chi connectivity index (χ3v) is 4.00. The van der Waals surface area contributed by atoms with Gasteiger partial charge in [-0.1, -0.05) is 30.3 Å². The monoisotopic (exact) mass is 286 g/mol. The number of aromatic amines is 1. The molecular formula is C15H18N4O2. The highest BCUT2D eigenvalue weighted by Gasteiger charge is 2.23. The van der Waals surface area contributed by atoms with Crippen LogP contribution in [0.15, 0.2) is 41.3 Å². The molecule has 0 aliphatic carbocycles. The lowest BCUT2D eigenvalue weighted by Crippen LogP contribution is -2.43. The van der Waals surface area contributed by atoms with E-state index < -0.39 is 0 Å². The number of amides is 2. The van der Waals surface area contributed by atoms with Gasteiger partial charge in [0.05, 0.1) is 5.69 Å². The number of rotatable bonds is 2. The third-order valence-electron chi connectivity index (χ3n) is 4.00. The fourth-order valence-electron chi connectivity index (χ4n) is 2.81. The number of nitrogens with one attached hydrogen (secondary N) is 1. The van der Waals surface area contributed by atoms with E-state index in [9.17, 15) is 9.59 Å². The van der Waals surface area contributed by atoms with Crippen molar-refractivity contribution in [3.63, 3.8) is 0 Å². The number of aromatic nitrogens is 2. The SMILES string of the molecule is NC(=O)N1CCC(n2cc(-c3ccccc3)[nH]c2=O)CC1. The van der Waals surface area contributed by atoms with Crippen LogP contribution in [0, 0.1) is 0 Å². The summed E-state index contributed by atoms with van der Waals surface area (Å²) in [5.41, 5.74) is 6.97. The van der Waals surface area contributed by atoms with Crippen molar-refractivity contribution in [1.82, 2.24) is 14.5 Å². The van der Waals surface area contributed by atoms with Gasteiger partial charge in [-0.25, -0.2) is 9.59 Å². The largest absolute Gasteiger partial charge is 0.351 e. The zero-order valence-corrected chi connectivity index (χ0v) is 11.7. The molecule has 1 aromatic carbocycles. The first kappa shape index (κ1) is 13.5. The maximum absolute atomic E-state index is 12.1. The Morgan fingerprint density at radius 2 is 1.86 bits per heavy atom. The Morgan fingerprint density at radius 3 is 2.48 bits per heavy atom. The first-order valence-corrected chi connectivity index (χ1v) is 7.06. The normalized spacial score (nSPS) is 16.1. The molecule has 0 radical (unpaired) electrons. The van der Waals surface area contributed by atoms with Crippen LogP contribution >= 0.6 is 0 Å². The number of carbonyl (C=O) groups is 1. The molecule has 0 saturated carbocycles. The summed E-state index contributed by atoms with van der Waals surface area (Å²) in [5.74, 6) is 0. The number of piperidine rings is 1. The van der Waals surface area contributed by atoms with Crippen LogP contribution in [0.4, 0.5) is 4.79 Å². The van der Waals surface area contributed by atoms with Crippen molar-refractivity contribution in [2.24, 2.45) is 5.73 Å². The minimum Gasteiger partial charge on any atom is -0.351 e. The van der Waals surface area contributed by atoms with E-state index in [2.05, 4.69) is 4.98 Å². The second-order valence-electron chi connectivity index (χ2n) is 5.30. The van der Waals surface area contributed by atoms with Crippen molar-refractivity contribution < 1.29 is 4.79 Å². The smallest absolute Gasteiger partial charge is 0.326 e. The van der Waals surface area contributed by atoms with Crippen LogP contribution in [0.3, 0.4) is 0 Å². The summed E-state index contributed by atoms with van der Waals surface area (Å²) < 4.78 is 1.74. The van der Waals surface area contributed by atoms with Crippen LogP contribution in [0.2, 0.25) is 0 Å². The Morgan fingerprint density at radius 1 is 1.19 bits per heavy atom. The van der Waals surface area contributed by atoms with Crippen LogP contribution in [0.25, 0.3) is 11.3 Å². The molecule has 1 aliphatic rings. The molecule has 0 unspecified atom stereocenters. The van der Waals surface area contributed by atoms with Gasteiger partial charge in [-0.15, -0.1) is 0 Å². The zero-order chi connectivity index (χ0) is 14.8. The Labute approximate surface area is 122 Å². The number of primary amides is 1. The number of hydrogen-bond donors (Lipinski definition) is 2. The molecule has 0 atom stereocenters. The molecule has 2 aromatic rings. The van der Waals surface area contributed by atoms with E-state index in [1.807, 2.05) is 36.5 Å². The Kier molecular flexibility index (Phi) is 3.51. The van der Waals surface area contributed by atoms with Crippen LogP contribution in [0.5, 0.6) is 0 Å². The van der Waals surface area contributed by atoms with Crippen molar-refractivity contribution >= 4 is 6.03 Å². The number of nitrogens with zero attached hydrogens (tertiary/aromatic N) is 2. The number of benzene rings is 1. The minimum absolute atomic E-state index is 0.105. The topological polar surface area (TPSA) is 84.1 Å². The van der Waals surface area contributed by atoms with Gasteiger partial charge in [0.1, 0.15) is 0 Å². The summed E-state index contributed by atoms with van der Waals surface area (Å²) in [5, 5.41) is 0. The molecular weight excluding hydrogens is 268 g/mol. The van der Waals surface area contributed by atoms with E-state index in [0.29, 0.717) is 13.1 Å². The Bertz CT molecular complexity index is 681. The quantitative estimate of drug-likeness (QED) is 0.878. The summed E-state index contributed by atoms with van der Waals surface area (Å²) in [6, 6.07) is 9.48. The average molecular weight is 286 g/mol. The number of nitrogens with two attached hydrogens (primary N) is 1. The standard InChI is InChI=1S/C15H18N4O2/c16-14(20)18-8-6-12(7-9-18)19-10-13(17-15(19)21)11-4-2-1-3-5-11/h1-5,10,12H,6-9H2,(H2,16,20)(H,17,21). The van der Waals surface area contributed by atoms with Crippen molar-refractivity contribution in [3.8, 4) is 11.3 Å². The number of carbonyl (C=O) groups excluding carboxylic acids is 1. The highest BCUT2D eigenvalue weighted by Crippen LogP contribution is 2.23. The van der Waals surface area contributed by atoms with Gasteiger partial charge in [-0.2, -0.15) is 0 Å². The van der Waals surface area contributed by atoms with Crippen LogP contribution < -0.4 is 11.4 Å². The number of H-pyrrole nitrogens is 1. The molecule has 0 spiro atoms. The highest BCUT2D eigenvalue weighted by molar-refractivity contribution is 5.72. The number of urea groups is 1. The van der Waals surface area contributed by atoms with Crippen molar-refractivity contribution in [3.05, 3.63) is 47.0 Å². The molecule has 0 bridgehead atoms. The van der Waals surface area contributed by atoms with Gasteiger partial charge in [0.2, 0.25) is 0 Å². The van der Waals surface area contributed by atoms with Crippen LogP contribution in [0.1, 0.15) is 18.9 Å². The first-order chi connectivity index (χ1) is 10.1. The summed E-state index contributed by atoms with van der Waals surface area (Å²) in [6.07, 6.45) is 3.35. The molecule has 1 saturated heterocycles. The molecule has 6 nitrogen and oxygen atoms in total. The lowest BCUT2D eigenvalue weighted by atomic mass is 10.1. The maximum Gasteiger partial charge on any atom is 0.326 e. The minimum atomic E-state index is -0.389. The summed E-state index contributed by atoms with van der Waals surface area (Å²) >= 11 is 0. The fourth-order valence-corrected chi connectivity index (χ4v) is 2.81. The average Bonchev–Trinajstić information content (AvgIpc) is 2.90.